The summed E-state index contributed by atoms with van der Waals surface area (Å²) in [6.45, 7) is 0. The van der Waals surface area contributed by atoms with Gasteiger partial charge in [-0.05, 0) is 36.4 Å². The van der Waals surface area contributed by atoms with Crippen LogP contribution in [0.1, 0.15) is 0 Å². The van der Waals surface area contributed by atoms with Crippen molar-refractivity contribution in [2.45, 2.75) is 0 Å². The van der Waals surface area contributed by atoms with E-state index in [-0.39, 0.29) is 5.75 Å². The SMILES string of the molecule is COc1ccc2c(O)cc3ccc(Cl)nc3c2c1. The number of methoxy groups -OCH3 is 1. The van der Waals surface area contributed by atoms with Crippen LogP contribution in [-0.2, 0) is 0 Å². The summed E-state index contributed by atoms with van der Waals surface area (Å²) in [6.07, 6.45) is 0. The number of aromatic hydroxyl groups is 1. The molecule has 18 heavy (non-hydrogen) atoms. The molecule has 0 amide bonds. The van der Waals surface area contributed by atoms with E-state index in [9.17, 15) is 5.11 Å². The molecule has 0 bridgehead atoms. The smallest absolute Gasteiger partial charge is 0.129 e. The van der Waals surface area contributed by atoms with Crippen LogP contribution in [0.4, 0.5) is 0 Å². The molecular weight excluding hydrogens is 250 g/mol. The van der Waals surface area contributed by atoms with Crippen LogP contribution >= 0.6 is 11.6 Å². The van der Waals surface area contributed by atoms with E-state index in [0.29, 0.717) is 5.15 Å². The van der Waals surface area contributed by atoms with Gasteiger partial charge in [0.25, 0.3) is 0 Å². The standard InChI is InChI=1S/C14H10ClNO2/c1-18-9-3-4-10-11(7-9)14-8(6-12(10)17)2-5-13(15)16-14/h2-7,17H,1H3. The Labute approximate surface area is 109 Å². The van der Waals surface area contributed by atoms with Gasteiger partial charge in [0.1, 0.15) is 16.7 Å². The van der Waals surface area contributed by atoms with Crippen LogP contribution in [0.15, 0.2) is 36.4 Å². The fourth-order valence-electron chi connectivity index (χ4n) is 2.07. The van der Waals surface area contributed by atoms with Gasteiger partial charge in [0.2, 0.25) is 0 Å². The molecule has 90 valence electrons. The molecule has 0 fully saturated rings. The van der Waals surface area contributed by atoms with Crippen LogP contribution in [0.3, 0.4) is 0 Å². The van der Waals surface area contributed by atoms with Gasteiger partial charge < -0.3 is 9.84 Å². The number of ether oxygens (including phenoxy) is 1. The summed E-state index contributed by atoms with van der Waals surface area (Å²) < 4.78 is 5.20. The molecule has 1 N–H and O–H groups in total. The Morgan fingerprint density at radius 1 is 1.11 bits per heavy atom. The maximum absolute atomic E-state index is 10.0. The number of phenolic OH excluding ortho intramolecular Hbond substituents is 1. The molecule has 0 atom stereocenters. The minimum Gasteiger partial charge on any atom is -0.507 e. The van der Waals surface area contributed by atoms with Gasteiger partial charge in [-0.1, -0.05) is 11.6 Å². The Morgan fingerprint density at radius 2 is 1.94 bits per heavy atom. The number of aromatic nitrogens is 1. The lowest BCUT2D eigenvalue weighted by Crippen LogP contribution is -1.86. The summed E-state index contributed by atoms with van der Waals surface area (Å²) in [7, 11) is 1.60. The van der Waals surface area contributed by atoms with Crippen LogP contribution < -0.4 is 4.74 Å². The largest absolute Gasteiger partial charge is 0.507 e. The van der Waals surface area contributed by atoms with Crippen LogP contribution in [-0.4, -0.2) is 17.2 Å². The van der Waals surface area contributed by atoms with Crippen molar-refractivity contribution in [3.8, 4) is 11.5 Å². The molecule has 0 saturated heterocycles. The lowest BCUT2D eigenvalue weighted by atomic mass is 10.0. The summed E-state index contributed by atoms with van der Waals surface area (Å²) in [4.78, 5) is 4.32. The molecule has 0 aliphatic carbocycles. The third-order valence-electron chi connectivity index (χ3n) is 2.94. The van der Waals surface area contributed by atoms with E-state index in [1.54, 1.807) is 25.3 Å². The van der Waals surface area contributed by atoms with Gasteiger partial charge in [-0.15, -0.1) is 0 Å². The van der Waals surface area contributed by atoms with Crippen molar-refractivity contribution >= 4 is 33.3 Å². The first-order chi connectivity index (χ1) is 8.69. The first-order valence-electron chi connectivity index (χ1n) is 5.45. The highest BCUT2D eigenvalue weighted by Crippen LogP contribution is 2.34. The normalized spacial score (nSPS) is 11.0. The minimum absolute atomic E-state index is 0.226. The van der Waals surface area contributed by atoms with Gasteiger partial charge in [-0.3, -0.25) is 0 Å². The summed E-state index contributed by atoms with van der Waals surface area (Å²) in [5.41, 5.74) is 0.759. The molecule has 1 heterocycles. The average Bonchev–Trinajstić information content (AvgIpc) is 2.39. The van der Waals surface area contributed by atoms with Crippen molar-refractivity contribution in [1.29, 1.82) is 0 Å². The van der Waals surface area contributed by atoms with Gasteiger partial charge in [0, 0.05) is 16.2 Å². The first-order valence-corrected chi connectivity index (χ1v) is 5.83. The zero-order valence-electron chi connectivity index (χ0n) is 9.64. The zero-order valence-corrected chi connectivity index (χ0v) is 10.4. The lowest BCUT2D eigenvalue weighted by Gasteiger charge is -2.08. The van der Waals surface area contributed by atoms with Crippen molar-refractivity contribution in [3.05, 3.63) is 41.6 Å². The Bertz CT molecular complexity index is 755. The Hall–Kier alpha value is -2.00. The molecule has 2 aromatic carbocycles. The number of fused-ring (bicyclic) bond motifs is 3. The Morgan fingerprint density at radius 3 is 2.72 bits per heavy atom. The number of hydrogen-bond donors (Lipinski definition) is 1. The Kier molecular flexibility index (Phi) is 2.49. The van der Waals surface area contributed by atoms with Gasteiger partial charge in [0.15, 0.2) is 0 Å². The van der Waals surface area contributed by atoms with Crippen molar-refractivity contribution < 1.29 is 9.84 Å². The van der Waals surface area contributed by atoms with E-state index in [2.05, 4.69) is 4.98 Å². The number of pyridine rings is 1. The molecule has 0 radical (unpaired) electrons. The van der Waals surface area contributed by atoms with Gasteiger partial charge in [0.05, 0.1) is 12.6 Å². The quantitative estimate of drug-likeness (QED) is 0.534. The van der Waals surface area contributed by atoms with E-state index in [0.717, 1.165) is 27.4 Å². The third kappa shape index (κ3) is 1.64. The predicted octanol–water partition coefficient (Wildman–Crippen LogP) is 3.76. The van der Waals surface area contributed by atoms with Gasteiger partial charge in [-0.2, -0.15) is 0 Å². The Balaban J connectivity index is 2.52. The highest BCUT2D eigenvalue weighted by Gasteiger charge is 2.08. The van der Waals surface area contributed by atoms with Crippen LogP contribution in [0.5, 0.6) is 11.5 Å². The average molecular weight is 260 g/mol. The third-order valence-corrected chi connectivity index (χ3v) is 3.15. The summed E-state index contributed by atoms with van der Waals surface area (Å²) in [5.74, 6) is 0.945. The number of hydrogen-bond acceptors (Lipinski definition) is 3. The van der Waals surface area contributed by atoms with E-state index in [4.69, 9.17) is 16.3 Å². The van der Waals surface area contributed by atoms with Crippen LogP contribution in [0.25, 0.3) is 21.7 Å². The second-order valence-electron chi connectivity index (χ2n) is 4.01. The molecule has 1 aromatic heterocycles. The number of nitrogens with zero attached hydrogens (tertiary/aromatic N) is 1. The topological polar surface area (TPSA) is 42.4 Å². The van der Waals surface area contributed by atoms with E-state index >= 15 is 0 Å². The number of benzene rings is 2. The van der Waals surface area contributed by atoms with Crippen molar-refractivity contribution in [2.75, 3.05) is 7.11 Å². The molecule has 0 spiro atoms. The first kappa shape index (κ1) is 11.1. The molecule has 0 saturated carbocycles. The maximum atomic E-state index is 10.0. The molecule has 3 rings (SSSR count). The molecule has 0 unspecified atom stereocenters. The molecule has 4 heteroatoms. The molecule has 0 aliphatic rings. The van der Waals surface area contributed by atoms with Crippen LogP contribution in [0.2, 0.25) is 5.15 Å². The highest BCUT2D eigenvalue weighted by molar-refractivity contribution is 6.30. The minimum atomic E-state index is 0.226. The number of rotatable bonds is 1. The van der Waals surface area contributed by atoms with Crippen molar-refractivity contribution in [1.82, 2.24) is 4.98 Å². The fourth-order valence-corrected chi connectivity index (χ4v) is 2.22. The number of phenols is 1. The second-order valence-corrected chi connectivity index (χ2v) is 4.40. The second kappa shape index (κ2) is 4.03. The molecule has 0 aliphatic heterocycles. The summed E-state index contributed by atoms with van der Waals surface area (Å²) in [6, 6.07) is 10.7. The van der Waals surface area contributed by atoms with E-state index in [1.165, 1.54) is 0 Å². The fraction of sp³-hybridized carbons (Fsp3) is 0.0714. The zero-order chi connectivity index (χ0) is 12.7. The highest BCUT2D eigenvalue weighted by atomic mass is 35.5. The molecule has 3 aromatic rings. The van der Waals surface area contributed by atoms with E-state index in [1.807, 2.05) is 18.2 Å². The van der Waals surface area contributed by atoms with Crippen LogP contribution in [0, 0.1) is 0 Å². The summed E-state index contributed by atoms with van der Waals surface area (Å²) in [5, 5.41) is 12.8. The van der Waals surface area contributed by atoms with Gasteiger partial charge in [-0.25, -0.2) is 4.98 Å². The lowest BCUT2D eigenvalue weighted by molar-refractivity contribution is 0.415. The van der Waals surface area contributed by atoms with Gasteiger partial charge >= 0.3 is 0 Å². The predicted molar refractivity (Wildman–Crippen MR) is 72.5 cm³/mol. The van der Waals surface area contributed by atoms with Crippen molar-refractivity contribution in [2.24, 2.45) is 0 Å². The van der Waals surface area contributed by atoms with Crippen molar-refractivity contribution in [3.63, 3.8) is 0 Å². The maximum Gasteiger partial charge on any atom is 0.129 e. The van der Waals surface area contributed by atoms with E-state index < -0.39 is 0 Å². The molecular formula is C14H10ClNO2. The summed E-state index contributed by atoms with van der Waals surface area (Å²) >= 11 is 5.93. The number of halogens is 1. The molecule has 3 nitrogen and oxygen atoms in total. The monoisotopic (exact) mass is 259 g/mol.